The first-order valence-electron chi connectivity index (χ1n) is 6.75. The maximum Gasteiger partial charge on any atom is 0.293 e. The van der Waals surface area contributed by atoms with Crippen molar-refractivity contribution < 1.29 is 22.1 Å². The average molecular weight is 350 g/mol. The van der Waals surface area contributed by atoms with Crippen LogP contribution in [0.2, 0.25) is 0 Å². The largest absolute Gasteiger partial charge is 0.374 e. The van der Waals surface area contributed by atoms with Crippen LogP contribution in [0.1, 0.15) is 6.42 Å². The van der Waals surface area contributed by atoms with E-state index in [2.05, 4.69) is 5.32 Å². The number of anilines is 1. The molecule has 23 heavy (non-hydrogen) atoms. The molecule has 0 aromatic heterocycles. The van der Waals surface area contributed by atoms with Gasteiger partial charge < -0.3 is 5.32 Å². The number of halogens is 2. The molecule has 1 aromatic carbocycles. The Morgan fingerprint density at radius 1 is 1.48 bits per heavy atom. The van der Waals surface area contributed by atoms with Crippen molar-refractivity contribution in [2.24, 2.45) is 5.14 Å². The van der Waals surface area contributed by atoms with Gasteiger partial charge in [0.2, 0.25) is 10.0 Å². The van der Waals surface area contributed by atoms with Crippen LogP contribution >= 0.6 is 0 Å². The van der Waals surface area contributed by atoms with Crippen LogP contribution in [0.4, 0.5) is 20.2 Å². The zero-order valence-electron chi connectivity index (χ0n) is 12.0. The summed E-state index contributed by atoms with van der Waals surface area (Å²) in [5, 5.41) is 19.0. The Bertz CT molecular complexity index is 698. The van der Waals surface area contributed by atoms with Gasteiger partial charge >= 0.3 is 0 Å². The summed E-state index contributed by atoms with van der Waals surface area (Å²) in [4.78, 5) is 11.5. The molecule has 128 valence electrons. The fourth-order valence-electron chi connectivity index (χ4n) is 2.57. The Labute approximate surface area is 131 Å². The predicted octanol–water partition coefficient (Wildman–Crippen LogP) is 0.993. The monoisotopic (exact) mass is 350 g/mol. The molecule has 1 fully saturated rings. The maximum absolute atomic E-state index is 12.4. The molecule has 1 atom stereocenters. The standard InChI is InChI=1S/C12H16F2N4O4S/c13-11(14)7-17-5-4-8(6-17)16-12-9(18(19)20)2-1-3-10(12)23(15,21)22/h1-3,8,11,16H,4-7H2,(H2,15,21,22)/t8-/m0/s1. The van der Waals surface area contributed by atoms with Gasteiger partial charge in [0.1, 0.15) is 10.6 Å². The fraction of sp³-hybridized carbons (Fsp3) is 0.500. The number of nitrogens with two attached hydrogens (primary N) is 1. The van der Waals surface area contributed by atoms with Crippen LogP contribution in [-0.4, -0.2) is 50.3 Å². The molecule has 1 aromatic rings. The van der Waals surface area contributed by atoms with Crippen molar-refractivity contribution in [3.05, 3.63) is 28.3 Å². The Kier molecular flexibility index (Phi) is 5.12. The Morgan fingerprint density at radius 3 is 2.74 bits per heavy atom. The number of hydrogen-bond acceptors (Lipinski definition) is 6. The van der Waals surface area contributed by atoms with E-state index >= 15 is 0 Å². The summed E-state index contributed by atoms with van der Waals surface area (Å²) >= 11 is 0. The number of nitrogens with zero attached hydrogens (tertiary/aromatic N) is 2. The molecular weight excluding hydrogens is 334 g/mol. The molecule has 8 nitrogen and oxygen atoms in total. The van der Waals surface area contributed by atoms with Crippen LogP contribution in [-0.2, 0) is 10.0 Å². The van der Waals surface area contributed by atoms with Gasteiger partial charge in [0.15, 0.2) is 0 Å². The van der Waals surface area contributed by atoms with Gasteiger partial charge in [0, 0.05) is 25.2 Å². The second-order valence-corrected chi connectivity index (χ2v) is 6.76. The summed E-state index contributed by atoms with van der Waals surface area (Å²) in [5.41, 5.74) is -0.632. The van der Waals surface area contributed by atoms with Gasteiger partial charge in [-0.15, -0.1) is 0 Å². The lowest BCUT2D eigenvalue weighted by molar-refractivity contribution is -0.384. The fourth-order valence-corrected chi connectivity index (χ4v) is 3.29. The van der Waals surface area contributed by atoms with Gasteiger partial charge in [-0.25, -0.2) is 22.3 Å². The van der Waals surface area contributed by atoms with Crippen molar-refractivity contribution in [1.82, 2.24) is 4.90 Å². The van der Waals surface area contributed by atoms with Gasteiger partial charge in [-0.1, -0.05) is 6.07 Å². The number of hydrogen-bond donors (Lipinski definition) is 2. The first kappa shape index (κ1) is 17.5. The highest BCUT2D eigenvalue weighted by atomic mass is 32.2. The lowest BCUT2D eigenvalue weighted by Gasteiger charge is -2.18. The van der Waals surface area contributed by atoms with Crippen LogP contribution in [0, 0.1) is 10.1 Å². The SMILES string of the molecule is NS(=O)(=O)c1cccc([N+](=O)[O-])c1N[C@H]1CCN(CC(F)F)C1. The van der Waals surface area contributed by atoms with E-state index in [0.29, 0.717) is 13.0 Å². The Hall–Kier alpha value is -1.85. The van der Waals surface area contributed by atoms with E-state index in [0.717, 1.165) is 12.1 Å². The van der Waals surface area contributed by atoms with Crippen LogP contribution < -0.4 is 10.5 Å². The number of sulfonamides is 1. The molecule has 3 N–H and O–H groups in total. The average Bonchev–Trinajstić information content (AvgIpc) is 2.83. The third-order valence-corrected chi connectivity index (χ3v) is 4.48. The molecule has 1 heterocycles. The van der Waals surface area contributed by atoms with Crippen molar-refractivity contribution >= 4 is 21.4 Å². The quantitative estimate of drug-likeness (QED) is 0.583. The number of nitro benzene ring substituents is 1. The van der Waals surface area contributed by atoms with E-state index in [-0.39, 0.29) is 23.2 Å². The van der Waals surface area contributed by atoms with Gasteiger partial charge in [-0.3, -0.25) is 15.0 Å². The lowest BCUT2D eigenvalue weighted by Crippen LogP contribution is -2.30. The van der Waals surface area contributed by atoms with Crippen molar-refractivity contribution in [1.29, 1.82) is 0 Å². The van der Waals surface area contributed by atoms with Crippen LogP contribution in [0.15, 0.2) is 23.1 Å². The topological polar surface area (TPSA) is 119 Å². The van der Waals surface area contributed by atoms with Crippen LogP contribution in [0.3, 0.4) is 0 Å². The van der Waals surface area contributed by atoms with E-state index < -0.39 is 33.6 Å². The van der Waals surface area contributed by atoms with Gasteiger partial charge in [-0.2, -0.15) is 0 Å². The number of rotatable bonds is 6. The molecule has 1 aliphatic rings. The minimum Gasteiger partial charge on any atom is -0.374 e. The molecule has 1 aliphatic heterocycles. The zero-order valence-corrected chi connectivity index (χ0v) is 12.8. The van der Waals surface area contributed by atoms with Crippen molar-refractivity contribution in [2.75, 3.05) is 25.0 Å². The third-order valence-electron chi connectivity index (χ3n) is 3.52. The lowest BCUT2D eigenvalue weighted by atomic mass is 10.2. The predicted molar refractivity (Wildman–Crippen MR) is 78.9 cm³/mol. The molecule has 1 saturated heterocycles. The first-order chi connectivity index (χ1) is 10.7. The van der Waals surface area contributed by atoms with Crippen molar-refractivity contribution in [3.63, 3.8) is 0 Å². The van der Waals surface area contributed by atoms with E-state index in [9.17, 15) is 27.3 Å². The molecule has 0 radical (unpaired) electrons. The van der Waals surface area contributed by atoms with E-state index in [1.807, 2.05) is 0 Å². The normalized spacial score (nSPS) is 19.2. The smallest absolute Gasteiger partial charge is 0.293 e. The third kappa shape index (κ3) is 4.33. The molecule has 0 spiro atoms. The van der Waals surface area contributed by atoms with Gasteiger partial charge in [0.05, 0.1) is 11.5 Å². The molecule has 0 bridgehead atoms. The molecule has 11 heteroatoms. The van der Waals surface area contributed by atoms with Gasteiger partial charge in [0.25, 0.3) is 12.1 Å². The summed E-state index contributed by atoms with van der Waals surface area (Å²) in [5.74, 6) is 0. The highest BCUT2D eigenvalue weighted by molar-refractivity contribution is 7.89. The number of benzene rings is 1. The van der Waals surface area contributed by atoms with Crippen LogP contribution in [0.25, 0.3) is 0 Å². The maximum atomic E-state index is 12.4. The second kappa shape index (κ2) is 6.72. The number of alkyl halides is 2. The van der Waals surface area contributed by atoms with E-state index in [4.69, 9.17) is 5.14 Å². The van der Waals surface area contributed by atoms with Crippen LogP contribution in [0.5, 0.6) is 0 Å². The molecule has 0 aliphatic carbocycles. The first-order valence-corrected chi connectivity index (χ1v) is 8.30. The minimum absolute atomic E-state index is 0.205. The van der Waals surface area contributed by atoms with Crippen molar-refractivity contribution in [3.8, 4) is 0 Å². The minimum atomic E-state index is -4.16. The van der Waals surface area contributed by atoms with E-state index in [1.54, 1.807) is 0 Å². The number of nitrogens with one attached hydrogen (secondary N) is 1. The summed E-state index contributed by atoms with van der Waals surface area (Å²) in [6.45, 7) is 0.241. The summed E-state index contributed by atoms with van der Waals surface area (Å²) < 4.78 is 48.0. The number of para-hydroxylation sites is 1. The Morgan fingerprint density at radius 2 is 2.17 bits per heavy atom. The summed E-state index contributed by atoms with van der Waals surface area (Å²) in [7, 11) is -4.16. The highest BCUT2D eigenvalue weighted by Gasteiger charge is 2.29. The molecule has 2 rings (SSSR count). The number of likely N-dealkylation sites (tertiary alicyclic amines) is 1. The number of nitro groups is 1. The molecule has 0 amide bonds. The molecule has 0 saturated carbocycles. The zero-order chi connectivity index (χ0) is 17.2. The van der Waals surface area contributed by atoms with Crippen molar-refractivity contribution in [2.45, 2.75) is 23.8 Å². The highest BCUT2D eigenvalue weighted by Crippen LogP contribution is 2.32. The van der Waals surface area contributed by atoms with Gasteiger partial charge in [-0.05, 0) is 12.5 Å². The molecule has 0 unspecified atom stereocenters. The molecular formula is C12H16F2N4O4S. The second-order valence-electron chi connectivity index (χ2n) is 5.23. The number of primary sulfonamides is 1. The summed E-state index contributed by atoms with van der Waals surface area (Å²) in [6, 6.07) is 3.16. The Balaban J connectivity index is 2.27. The van der Waals surface area contributed by atoms with E-state index in [1.165, 1.54) is 11.0 Å². The summed E-state index contributed by atoms with van der Waals surface area (Å²) in [6.07, 6.45) is -2.01.